The summed E-state index contributed by atoms with van der Waals surface area (Å²) >= 11 is 0. The minimum Gasteiger partial charge on any atom is -0.400 e. The number of hydrogen-bond donors (Lipinski definition) is 1. The third kappa shape index (κ3) is 5.40. The van der Waals surface area contributed by atoms with Gasteiger partial charge in [-0.15, -0.1) is 0 Å². The Labute approximate surface area is 167 Å². The SMILES string of the molecule is Cc1cccc(OP(=O)(Nc2ccc(C(C)C)cc2)Oc2cccc(C)c2)c1. The van der Waals surface area contributed by atoms with Crippen molar-refractivity contribution in [2.75, 3.05) is 5.09 Å². The van der Waals surface area contributed by atoms with Crippen LogP contribution < -0.4 is 14.1 Å². The van der Waals surface area contributed by atoms with Crippen LogP contribution in [0.2, 0.25) is 0 Å². The second-order valence-electron chi connectivity index (χ2n) is 7.20. The van der Waals surface area contributed by atoms with Gasteiger partial charge in [-0.2, -0.15) is 0 Å². The highest BCUT2D eigenvalue weighted by atomic mass is 31.2. The summed E-state index contributed by atoms with van der Waals surface area (Å²) in [5, 5.41) is 2.97. The van der Waals surface area contributed by atoms with Gasteiger partial charge in [-0.3, -0.25) is 5.09 Å². The molecule has 3 rings (SSSR count). The molecule has 0 aromatic heterocycles. The molecule has 0 aliphatic rings. The van der Waals surface area contributed by atoms with Crippen molar-refractivity contribution in [1.29, 1.82) is 0 Å². The predicted octanol–water partition coefficient (Wildman–Crippen LogP) is 7.10. The van der Waals surface area contributed by atoms with E-state index in [1.165, 1.54) is 5.56 Å². The highest BCUT2D eigenvalue weighted by Crippen LogP contribution is 2.48. The standard InChI is InChI=1S/C23H26NO3P/c1-17(2)20-11-13-21(14-12-20)24-28(25,26-22-9-5-7-18(3)15-22)27-23-10-6-8-19(4)16-23/h5-17H,1-4H3,(H,24,25). The molecule has 4 nitrogen and oxygen atoms in total. The quantitative estimate of drug-likeness (QED) is 0.433. The van der Waals surface area contributed by atoms with Gasteiger partial charge < -0.3 is 9.05 Å². The van der Waals surface area contributed by atoms with Crippen LogP contribution in [0, 0.1) is 13.8 Å². The summed E-state index contributed by atoms with van der Waals surface area (Å²) in [6.07, 6.45) is 0. The van der Waals surface area contributed by atoms with Crippen molar-refractivity contribution in [3.63, 3.8) is 0 Å². The molecule has 0 heterocycles. The lowest BCUT2D eigenvalue weighted by Gasteiger charge is -2.21. The Bertz CT molecular complexity index is 932. The molecule has 0 aliphatic heterocycles. The van der Waals surface area contributed by atoms with Gasteiger partial charge in [0.1, 0.15) is 11.5 Å². The van der Waals surface area contributed by atoms with E-state index >= 15 is 0 Å². The molecule has 0 fully saturated rings. The topological polar surface area (TPSA) is 47.6 Å². The van der Waals surface area contributed by atoms with Crippen LogP contribution in [0.5, 0.6) is 11.5 Å². The van der Waals surface area contributed by atoms with E-state index in [0.29, 0.717) is 23.1 Å². The van der Waals surface area contributed by atoms with Crippen molar-refractivity contribution in [3.8, 4) is 11.5 Å². The normalized spacial score (nSPS) is 11.3. The zero-order valence-electron chi connectivity index (χ0n) is 16.7. The van der Waals surface area contributed by atoms with Crippen LogP contribution in [0.4, 0.5) is 5.69 Å². The van der Waals surface area contributed by atoms with E-state index in [2.05, 4.69) is 18.9 Å². The summed E-state index contributed by atoms with van der Waals surface area (Å²) in [5.41, 5.74) is 3.91. The van der Waals surface area contributed by atoms with Crippen LogP contribution in [0.15, 0.2) is 72.8 Å². The van der Waals surface area contributed by atoms with Crippen LogP contribution in [0.25, 0.3) is 0 Å². The van der Waals surface area contributed by atoms with Gasteiger partial charge in [-0.1, -0.05) is 50.2 Å². The molecule has 0 atom stereocenters. The summed E-state index contributed by atoms with van der Waals surface area (Å²) in [6.45, 7) is 8.18. The first kappa shape index (κ1) is 20.0. The monoisotopic (exact) mass is 395 g/mol. The molecule has 3 aromatic carbocycles. The van der Waals surface area contributed by atoms with Crippen molar-refractivity contribution < 1.29 is 13.6 Å². The van der Waals surface area contributed by atoms with Crippen molar-refractivity contribution in [1.82, 2.24) is 0 Å². The molecule has 0 amide bonds. The number of rotatable bonds is 7. The summed E-state index contributed by atoms with van der Waals surface area (Å²) < 4.78 is 25.3. The zero-order chi connectivity index (χ0) is 20.1. The molecule has 28 heavy (non-hydrogen) atoms. The number of anilines is 1. The molecule has 5 heteroatoms. The van der Waals surface area contributed by atoms with Crippen LogP contribution in [0.3, 0.4) is 0 Å². The van der Waals surface area contributed by atoms with E-state index in [0.717, 1.165) is 11.1 Å². The fourth-order valence-corrected chi connectivity index (χ4v) is 4.16. The highest BCUT2D eigenvalue weighted by molar-refractivity contribution is 7.56. The number of nitrogens with one attached hydrogen (secondary N) is 1. The Morgan fingerprint density at radius 2 is 1.29 bits per heavy atom. The lowest BCUT2D eigenvalue weighted by molar-refractivity contribution is 0.392. The molecule has 0 bridgehead atoms. The smallest absolute Gasteiger partial charge is 0.400 e. The average Bonchev–Trinajstić information content (AvgIpc) is 2.61. The van der Waals surface area contributed by atoms with Crippen molar-refractivity contribution in [3.05, 3.63) is 89.5 Å². The van der Waals surface area contributed by atoms with Crippen LogP contribution in [-0.2, 0) is 4.57 Å². The largest absolute Gasteiger partial charge is 0.541 e. The maximum absolute atomic E-state index is 13.6. The lowest BCUT2D eigenvalue weighted by atomic mass is 10.0. The van der Waals surface area contributed by atoms with Gasteiger partial charge >= 0.3 is 7.75 Å². The van der Waals surface area contributed by atoms with Gasteiger partial charge in [0.05, 0.1) is 0 Å². The third-order valence-electron chi connectivity index (χ3n) is 4.27. The fraction of sp³-hybridized carbons (Fsp3) is 0.217. The molecule has 0 spiro atoms. The van der Waals surface area contributed by atoms with Crippen molar-refractivity contribution in [2.45, 2.75) is 33.6 Å². The van der Waals surface area contributed by atoms with E-state index in [9.17, 15) is 4.57 Å². The van der Waals surface area contributed by atoms with Crippen LogP contribution in [0.1, 0.15) is 36.5 Å². The van der Waals surface area contributed by atoms with Crippen LogP contribution >= 0.6 is 7.75 Å². The Hall–Kier alpha value is -2.71. The van der Waals surface area contributed by atoms with E-state index in [4.69, 9.17) is 9.05 Å². The Morgan fingerprint density at radius 1 is 0.786 bits per heavy atom. The molecular formula is C23H26NO3P. The average molecular weight is 395 g/mol. The fourth-order valence-electron chi connectivity index (χ4n) is 2.79. The Kier molecular flexibility index (Phi) is 6.11. The minimum atomic E-state index is -3.71. The molecule has 0 aliphatic carbocycles. The van der Waals surface area contributed by atoms with Gasteiger partial charge in [-0.05, 0) is 72.9 Å². The third-order valence-corrected chi connectivity index (χ3v) is 5.71. The second kappa shape index (κ2) is 8.53. The molecule has 0 unspecified atom stereocenters. The maximum atomic E-state index is 13.6. The number of hydrogen-bond acceptors (Lipinski definition) is 3. The Balaban J connectivity index is 1.89. The first-order valence-corrected chi connectivity index (χ1v) is 10.9. The number of aryl methyl sites for hydroxylation is 2. The van der Waals surface area contributed by atoms with Gasteiger partial charge in [0.15, 0.2) is 0 Å². The van der Waals surface area contributed by atoms with E-state index < -0.39 is 7.75 Å². The first-order valence-electron chi connectivity index (χ1n) is 9.34. The minimum absolute atomic E-state index is 0.424. The molecule has 146 valence electrons. The summed E-state index contributed by atoms with van der Waals surface area (Å²) in [6, 6.07) is 22.6. The molecule has 3 aromatic rings. The first-order chi connectivity index (χ1) is 13.3. The van der Waals surface area contributed by atoms with Gasteiger partial charge in [0.25, 0.3) is 0 Å². The van der Waals surface area contributed by atoms with Gasteiger partial charge in [0.2, 0.25) is 0 Å². The number of benzene rings is 3. The highest BCUT2D eigenvalue weighted by Gasteiger charge is 2.29. The van der Waals surface area contributed by atoms with Crippen molar-refractivity contribution in [2.24, 2.45) is 0 Å². The molecule has 0 saturated carbocycles. The summed E-state index contributed by atoms with van der Waals surface area (Å²) in [5.74, 6) is 1.40. The van der Waals surface area contributed by atoms with E-state index in [1.807, 2.05) is 74.5 Å². The molecule has 0 saturated heterocycles. The Morgan fingerprint density at radius 3 is 1.71 bits per heavy atom. The predicted molar refractivity (Wildman–Crippen MR) is 115 cm³/mol. The van der Waals surface area contributed by atoms with Gasteiger partial charge in [-0.25, -0.2) is 4.57 Å². The summed E-state index contributed by atoms with van der Waals surface area (Å²) in [4.78, 5) is 0. The van der Waals surface area contributed by atoms with E-state index in [-0.39, 0.29) is 0 Å². The zero-order valence-corrected chi connectivity index (χ0v) is 17.6. The second-order valence-corrected chi connectivity index (χ2v) is 8.79. The summed E-state index contributed by atoms with van der Waals surface area (Å²) in [7, 11) is -3.71. The van der Waals surface area contributed by atoms with E-state index in [1.54, 1.807) is 12.1 Å². The maximum Gasteiger partial charge on any atom is 0.541 e. The van der Waals surface area contributed by atoms with Crippen molar-refractivity contribution >= 4 is 13.4 Å². The molecule has 1 N–H and O–H groups in total. The molecular weight excluding hydrogens is 369 g/mol. The lowest BCUT2D eigenvalue weighted by Crippen LogP contribution is -2.10. The van der Waals surface area contributed by atoms with Crippen LogP contribution in [-0.4, -0.2) is 0 Å². The molecule has 0 radical (unpaired) electrons. The van der Waals surface area contributed by atoms with Gasteiger partial charge in [0, 0.05) is 5.69 Å².